The molecular weight excluding hydrogens is 404 g/mol. The highest BCUT2D eigenvalue weighted by molar-refractivity contribution is 7.15. The highest BCUT2D eigenvalue weighted by Crippen LogP contribution is 2.32. The summed E-state index contributed by atoms with van der Waals surface area (Å²) in [6.07, 6.45) is 10.9. The smallest absolute Gasteiger partial charge is 0.124 e. The molecule has 5 heteroatoms. The predicted octanol–water partition coefficient (Wildman–Crippen LogP) is 7.08. The van der Waals surface area contributed by atoms with Gasteiger partial charge in [-0.05, 0) is 51.3 Å². The van der Waals surface area contributed by atoms with Gasteiger partial charge in [0.2, 0.25) is 0 Å². The lowest BCUT2D eigenvalue weighted by Gasteiger charge is -2.25. The zero-order chi connectivity index (χ0) is 22.4. The van der Waals surface area contributed by atoms with Gasteiger partial charge in [-0.3, -0.25) is 0 Å². The maximum atomic E-state index is 9.67. The van der Waals surface area contributed by atoms with E-state index in [-0.39, 0.29) is 17.6 Å². The summed E-state index contributed by atoms with van der Waals surface area (Å²) in [7, 11) is 0. The summed E-state index contributed by atoms with van der Waals surface area (Å²) in [5.41, 5.74) is 3.88. The van der Waals surface area contributed by atoms with Gasteiger partial charge in [-0.2, -0.15) is 0 Å². The van der Waals surface area contributed by atoms with E-state index in [1.54, 1.807) is 17.4 Å². The van der Waals surface area contributed by atoms with Gasteiger partial charge in [0.05, 0.1) is 16.3 Å². The fourth-order valence-corrected chi connectivity index (χ4v) is 4.58. The van der Waals surface area contributed by atoms with Gasteiger partial charge >= 0.3 is 0 Å². The van der Waals surface area contributed by atoms with E-state index in [1.807, 2.05) is 26.0 Å². The number of hydrogen-bond acceptors (Lipinski definition) is 5. The van der Waals surface area contributed by atoms with Crippen LogP contribution in [0, 0.1) is 31.1 Å². The molecule has 0 saturated heterocycles. The van der Waals surface area contributed by atoms with E-state index in [0.29, 0.717) is 18.7 Å². The average Bonchev–Trinajstić information content (AvgIpc) is 3.12. The van der Waals surface area contributed by atoms with Crippen molar-refractivity contribution in [2.24, 2.45) is 11.8 Å². The van der Waals surface area contributed by atoms with E-state index in [9.17, 15) is 5.11 Å². The highest BCUT2D eigenvalue weighted by Gasteiger charge is 2.24. The number of allylic oxidation sites excluding steroid dienone is 6. The van der Waals surface area contributed by atoms with E-state index < -0.39 is 0 Å². The van der Waals surface area contributed by atoms with Gasteiger partial charge in [-0.1, -0.05) is 48.6 Å². The summed E-state index contributed by atoms with van der Waals surface area (Å²) in [6, 6.07) is 8.42. The van der Waals surface area contributed by atoms with Crippen LogP contribution in [0.15, 0.2) is 72.7 Å². The number of aliphatic hydroxyl groups excluding tert-OH is 1. The second-order valence-corrected chi connectivity index (χ2v) is 8.96. The van der Waals surface area contributed by atoms with Crippen molar-refractivity contribution in [2.45, 2.75) is 40.2 Å². The zero-order valence-corrected chi connectivity index (χ0v) is 19.2. The number of nitrogens with one attached hydrogen (secondary N) is 1. The van der Waals surface area contributed by atoms with Crippen LogP contribution in [-0.4, -0.2) is 15.8 Å². The second kappa shape index (κ2) is 10.4. The average molecular weight is 435 g/mol. The molecule has 1 aromatic carbocycles. The number of ether oxygens (including phenoxy) is 1. The Hall–Kier alpha value is -2.92. The Morgan fingerprint density at radius 3 is 2.71 bits per heavy atom. The van der Waals surface area contributed by atoms with Gasteiger partial charge < -0.3 is 15.3 Å². The fourth-order valence-electron chi connectivity index (χ4n) is 3.60. The minimum Gasteiger partial charge on any atom is -0.513 e. The van der Waals surface area contributed by atoms with Crippen molar-refractivity contribution < 1.29 is 9.84 Å². The highest BCUT2D eigenvalue weighted by atomic mass is 32.1. The summed E-state index contributed by atoms with van der Waals surface area (Å²) in [4.78, 5) is 5.83. The number of rotatable bonds is 9. The Morgan fingerprint density at radius 2 is 2.10 bits per heavy atom. The van der Waals surface area contributed by atoms with Crippen LogP contribution in [-0.2, 0) is 11.3 Å². The molecule has 0 saturated carbocycles. The molecule has 2 aromatic rings. The number of aliphatic hydroxyl groups is 1. The standard InChI is InChI=1S/C26H30N2O2S/c1-5-6-24(27)23(15-18(3)29)20-11-13-22(14-12-20)30-16-25-19(4)28-26(31-25)21-9-7-17(2)8-10-21/h5-11,13-14,20,23,27,29H,3,12,15-16H2,1-2,4H3/b6-5-,27-24?. The molecule has 0 bridgehead atoms. The van der Waals surface area contributed by atoms with E-state index in [0.717, 1.165) is 33.3 Å². The Balaban J connectivity index is 1.62. The van der Waals surface area contributed by atoms with Crippen molar-refractivity contribution >= 4 is 17.0 Å². The lowest BCUT2D eigenvalue weighted by Crippen LogP contribution is -2.22. The van der Waals surface area contributed by atoms with E-state index in [2.05, 4.69) is 49.9 Å². The van der Waals surface area contributed by atoms with Gasteiger partial charge in [-0.25, -0.2) is 4.98 Å². The van der Waals surface area contributed by atoms with Gasteiger partial charge in [-0.15, -0.1) is 11.3 Å². The van der Waals surface area contributed by atoms with Crippen LogP contribution in [0.3, 0.4) is 0 Å². The van der Waals surface area contributed by atoms with Crippen LogP contribution in [0.4, 0.5) is 0 Å². The molecule has 31 heavy (non-hydrogen) atoms. The summed E-state index contributed by atoms with van der Waals surface area (Å²) in [6.45, 7) is 10.1. The molecule has 1 aliphatic rings. The zero-order valence-electron chi connectivity index (χ0n) is 18.4. The molecule has 1 aliphatic carbocycles. The molecule has 1 heterocycles. The van der Waals surface area contributed by atoms with Crippen molar-refractivity contribution in [1.82, 2.24) is 4.98 Å². The van der Waals surface area contributed by atoms with Crippen LogP contribution in [0.25, 0.3) is 10.6 Å². The summed E-state index contributed by atoms with van der Waals surface area (Å²) in [5, 5.41) is 19.0. The minimum absolute atomic E-state index is 0.0939. The summed E-state index contributed by atoms with van der Waals surface area (Å²) < 4.78 is 6.05. The number of aromatic nitrogens is 1. The monoisotopic (exact) mass is 434 g/mol. The third-order valence-corrected chi connectivity index (χ3v) is 6.56. The fraction of sp³-hybridized carbons (Fsp3) is 0.308. The Morgan fingerprint density at radius 1 is 1.35 bits per heavy atom. The lowest BCUT2D eigenvalue weighted by molar-refractivity contribution is 0.209. The third kappa shape index (κ3) is 6.05. The topological polar surface area (TPSA) is 66.2 Å². The van der Waals surface area contributed by atoms with Crippen LogP contribution in [0.2, 0.25) is 0 Å². The Kier molecular flexibility index (Phi) is 7.64. The molecule has 3 rings (SSSR count). The Labute approximate surface area is 188 Å². The molecule has 2 N–H and O–H groups in total. The van der Waals surface area contributed by atoms with Gasteiger partial charge in [0.25, 0.3) is 0 Å². The first kappa shape index (κ1) is 22.8. The van der Waals surface area contributed by atoms with Crippen LogP contribution >= 0.6 is 11.3 Å². The van der Waals surface area contributed by atoms with Crippen molar-refractivity contribution in [3.8, 4) is 10.6 Å². The summed E-state index contributed by atoms with van der Waals surface area (Å²) >= 11 is 1.67. The maximum Gasteiger partial charge on any atom is 0.124 e. The van der Waals surface area contributed by atoms with Gasteiger partial charge in [0, 0.05) is 23.6 Å². The molecule has 0 radical (unpaired) electrons. The molecule has 162 valence electrons. The van der Waals surface area contributed by atoms with Crippen molar-refractivity contribution in [2.75, 3.05) is 0 Å². The molecule has 4 nitrogen and oxygen atoms in total. The Bertz CT molecular complexity index is 1030. The number of hydrogen-bond donors (Lipinski definition) is 2. The van der Waals surface area contributed by atoms with Crippen molar-refractivity contribution in [3.05, 3.63) is 88.9 Å². The van der Waals surface area contributed by atoms with E-state index >= 15 is 0 Å². The number of aryl methyl sites for hydroxylation is 2. The molecule has 0 amide bonds. The van der Waals surface area contributed by atoms with Crippen LogP contribution in [0.1, 0.15) is 35.9 Å². The number of benzene rings is 1. The summed E-state index contributed by atoms with van der Waals surface area (Å²) in [5.74, 6) is 0.991. The minimum atomic E-state index is -0.0939. The third-order valence-electron chi connectivity index (χ3n) is 5.38. The van der Waals surface area contributed by atoms with Crippen molar-refractivity contribution in [1.29, 1.82) is 5.41 Å². The molecular formula is C26H30N2O2S. The van der Waals surface area contributed by atoms with E-state index in [4.69, 9.17) is 15.1 Å². The normalized spacial score (nSPS) is 16.9. The van der Waals surface area contributed by atoms with Crippen LogP contribution < -0.4 is 0 Å². The van der Waals surface area contributed by atoms with Gasteiger partial charge in [0.15, 0.2) is 0 Å². The largest absolute Gasteiger partial charge is 0.513 e. The molecule has 0 spiro atoms. The molecule has 0 aliphatic heterocycles. The first-order valence-electron chi connectivity index (χ1n) is 10.5. The molecule has 0 fully saturated rings. The second-order valence-electron chi connectivity index (χ2n) is 7.88. The predicted molar refractivity (Wildman–Crippen MR) is 130 cm³/mol. The SMILES string of the molecule is C=C(O)CC(C(=N)/C=C\C)C1C=CC(OCc2sc(-c3ccc(C)cc3)nc2C)=CC1. The van der Waals surface area contributed by atoms with E-state index in [1.165, 1.54) is 5.56 Å². The number of thiazole rings is 1. The molecule has 2 unspecified atom stereocenters. The lowest BCUT2D eigenvalue weighted by atomic mass is 9.81. The molecule has 1 aromatic heterocycles. The molecule has 2 atom stereocenters. The van der Waals surface area contributed by atoms with Crippen LogP contribution in [0.5, 0.6) is 0 Å². The van der Waals surface area contributed by atoms with Gasteiger partial charge in [0.1, 0.15) is 17.4 Å². The maximum absolute atomic E-state index is 9.67. The number of nitrogens with zero attached hydrogens (tertiary/aromatic N) is 1. The first-order chi connectivity index (χ1) is 14.9. The first-order valence-corrected chi connectivity index (χ1v) is 11.3. The van der Waals surface area contributed by atoms with Crippen molar-refractivity contribution in [3.63, 3.8) is 0 Å². The quantitative estimate of drug-likeness (QED) is 0.327.